The number of aromatic nitrogens is 5. The van der Waals surface area contributed by atoms with E-state index in [1.54, 1.807) is 6.20 Å². The molecule has 0 aliphatic carbocycles. The average molecular weight is 211 g/mol. The van der Waals surface area contributed by atoms with Crippen LogP contribution in [0.5, 0.6) is 0 Å². The van der Waals surface area contributed by atoms with Gasteiger partial charge in [0.15, 0.2) is 4.77 Å². The Balaban J connectivity index is 2.41. The van der Waals surface area contributed by atoms with E-state index in [2.05, 4.69) is 15.2 Å². The smallest absolute Gasteiger partial charge is 0.337 e. The molecule has 0 radical (unpaired) electrons. The second-order valence-electron chi connectivity index (χ2n) is 2.90. The molecule has 2 heterocycles. The van der Waals surface area contributed by atoms with Crippen LogP contribution in [0.1, 0.15) is 5.82 Å². The van der Waals surface area contributed by atoms with Gasteiger partial charge in [0.2, 0.25) is 0 Å². The molecular formula is C7H9N5OS. The fourth-order valence-electron chi connectivity index (χ4n) is 1.17. The molecular weight excluding hydrogens is 202 g/mol. The van der Waals surface area contributed by atoms with Crippen molar-refractivity contribution in [3.05, 3.63) is 33.5 Å². The van der Waals surface area contributed by atoms with Crippen LogP contribution in [-0.4, -0.2) is 24.3 Å². The van der Waals surface area contributed by atoms with E-state index in [-0.39, 0.29) is 5.69 Å². The van der Waals surface area contributed by atoms with Crippen molar-refractivity contribution in [2.45, 2.75) is 6.54 Å². The molecule has 6 nitrogen and oxygen atoms in total. The molecule has 74 valence electrons. The van der Waals surface area contributed by atoms with Gasteiger partial charge in [-0.3, -0.25) is 9.67 Å². The van der Waals surface area contributed by atoms with Gasteiger partial charge in [0.05, 0.1) is 6.54 Å². The van der Waals surface area contributed by atoms with Crippen molar-refractivity contribution in [3.63, 3.8) is 0 Å². The number of imidazole rings is 1. The van der Waals surface area contributed by atoms with Gasteiger partial charge in [-0.25, -0.2) is 14.9 Å². The molecule has 0 unspecified atom stereocenters. The highest BCUT2D eigenvalue weighted by atomic mass is 32.1. The van der Waals surface area contributed by atoms with E-state index in [4.69, 9.17) is 12.2 Å². The molecule has 0 saturated carbocycles. The number of nitrogens with one attached hydrogen (secondary N) is 2. The van der Waals surface area contributed by atoms with Crippen LogP contribution in [0.15, 0.2) is 17.2 Å². The van der Waals surface area contributed by atoms with E-state index in [0.29, 0.717) is 11.3 Å². The van der Waals surface area contributed by atoms with E-state index in [1.165, 1.54) is 4.57 Å². The monoisotopic (exact) mass is 211 g/mol. The lowest BCUT2D eigenvalue weighted by Crippen LogP contribution is -2.19. The van der Waals surface area contributed by atoms with Gasteiger partial charge in [0.1, 0.15) is 5.82 Å². The molecule has 0 fully saturated rings. The van der Waals surface area contributed by atoms with E-state index in [9.17, 15) is 4.79 Å². The van der Waals surface area contributed by atoms with Crippen LogP contribution in [0.3, 0.4) is 0 Å². The maximum atomic E-state index is 11.3. The van der Waals surface area contributed by atoms with Crippen molar-refractivity contribution < 1.29 is 0 Å². The highest BCUT2D eigenvalue weighted by Gasteiger charge is 2.04. The van der Waals surface area contributed by atoms with Crippen molar-refractivity contribution in [3.8, 4) is 0 Å². The average Bonchev–Trinajstić information content (AvgIpc) is 2.67. The Hall–Kier alpha value is -1.63. The molecule has 0 aromatic carbocycles. The quantitative estimate of drug-likeness (QED) is 0.688. The number of aryl methyl sites for hydroxylation is 1. The highest BCUT2D eigenvalue weighted by Crippen LogP contribution is 1.96. The van der Waals surface area contributed by atoms with Crippen molar-refractivity contribution in [2.75, 3.05) is 0 Å². The SMILES string of the molecule is Cn1ccnc1Cn1c(=O)[nH][nH]c1=S. The molecule has 14 heavy (non-hydrogen) atoms. The molecule has 2 N–H and O–H groups in total. The predicted octanol–water partition coefficient (Wildman–Crippen LogP) is 0.0158. The van der Waals surface area contributed by atoms with Gasteiger partial charge in [-0.2, -0.15) is 0 Å². The summed E-state index contributed by atoms with van der Waals surface area (Å²) in [6.45, 7) is 0.376. The molecule has 0 aliphatic rings. The van der Waals surface area contributed by atoms with Crippen LogP contribution in [0.25, 0.3) is 0 Å². The Kier molecular flexibility index (Phi) is 2.08. The summed E-state index contributed by atoms with van der Waals surface area (Å²) < 4.78 is 3.63. The van der Waals surface area contributed by atoms with Crippen LogP contribution in [0.4, 0.5) is 0 Å². The predicted molar refractivity (Wildman–Crippen MR) is 52.5 cm³/mol. The summed E-state index contributed by atoms with van der Waals surface area (Å²) in [4.78, 5) is 15.4. The summed E-state index contributed by atoms with van der Waals surface area (Å²) in [5, 5.41) is 4.98. The molecule has 0 amide bonds. The van der Waals surface area contributed by atoms with Gasteiger partial charge in [0, 0.05) is 19.4 Å². The van der Waals surface area contributed by atoms with Gasteiger partial charge in [-0.05, 0) is 12.2 Å². The van der Waals surface area contributed by atoms with E-state index >= 15 is 0 Å². The summed E-state index contributed by atoms with van der Waals surface area (Å²) in [5.41, 5.74) is -0.252. The fraction of sp³-hybridized carbons (Fsp3) is 0.286. The van der Waals surface area contributed by atoms with E-state index < -0.39 is 0 Å². The highest BCUT2D eigenvalue weighted by molar-refractivity contribution is 7.71. The summed E-state index contributed by atoms with van der Waals surface area (Å²) >= 11 is 4.93. The molecule has 0 spiro atoms. The number of H-pyrrole nitrogens is 2. The number of aromatic amines is 2. The number of nitrogens with zero attached hydrogens (tertiary/aromatic N) is 3. The molecule has 2 aromatic rings. The standard InChI is InChI=1S/C7H9N5OS/c1-11-3-2-8-5(11)4-12-6(13)9-10-7(12)14/h2-3H,4H2,1H3,(H,9,13)(H,10,14). The Morgan fingerprint density at radius 1 is 1.57 bits per heavy atom. The Bertz CT molecular complexity index is 517. The third kappa shape index (κ3) is 1.41. The molecule has 0 atom stereocenters. The first-order chi connectivity index (χ1) is 6.68. The third-order valence-electron chi connectivity index (χ3n) is 1.99. The molecule has 0 bridgehead atoms. The zero-order valence-electron chi connectivity index (χ0n) is 7.52. The lowest BCUT2D eigenvalue weighted by Gasteiger charge is -2.00. The first kappa shape index (κ1) is 8.95. The third-order valence-corrected chi connectivity index (χ3v) is 2.31. The lowest BCUT2D eigenvalue weighted by molar-refractivity contribution is 0.673. The second-order valence-corrected chi connectivity index (χ2v) is 3.29. The summed E-state index contributed by atoms with van der Waals surface area (Å²) in [5.74, 6) is 0.784. The summed E-state index contributed by atoms with van der Waals surface area (Å²) in [6, 6.07) is 0. The molecule has 2 aromatic heterocycles. The molecule has 7 heteroatoms. The van der Waals surface area contributed by atoms with Crippen LogP contribution in [-0.2, 0) is 13.6 Å². The maximum absolute atomic E-state index is 11.3. The molecule has 0 saturated heterocycles. The number of hydrogen-bond acceptors (Lipinski definition) is 3. The normalized spacial score (nSPS) is 10.6. The minimum absolute atomic E-state index is 0.252. The van der Waals surface area contributed by atoms with Gasteiger partial charge < -0.3 is 4.57 Å². The van der Waals surface area contributed by atoms with Crippen LogP contribution < -0.4 is 5.69 Å². The molecule has 0 aliphatic heterocycles. The van der Waals surface area contributed by atoms with Gasteiger partial charge >= 0.3 is 5.69 Å². The second kappa shape index (κ2) is 3.26. The summed E-state index contributed by atoms with van der Waals surface area (Å²) in [7, 11) is 1.87. The van der Waals surface area contributed by atoms with Crippen molar-refractivity contribution >= 4 is 12.2 Å². The van der Waals surface area contributed by atoms with Crippen LogP contribution >= 0.6 is 12.2 Å². The minimum atomic E-state index is -0.252. The van der Waals surface area contributed by atoms with Crippen LogP contribution in [0.2, 0.25) is 0 Å². The van der Waals surface area contributed by atoms with Gasteiger partial charge in [-0.1, -0.05) is 0 Å². The Morgan fingerprint density at radius 2 is 2.36 bits per heavy atom. The van der Waals surface area contributed by atoms with Crippen LogP contribution in [0, 0.1) is 4.77 Å². The van der Waals surface area contributed by atoms with Crippen molar-refractivity contribution in [2.24, 2.45) is 7.05 Å². The first-order valence-electron chi connectivity index (χ1n) is 4.02. The minimum Gasteiger partial charge on any atom is -0.337 e. The first-order valence-corrected chi connectivity index (χ1v) is 4.43. The largest absolute Gasteiger partial charge is 0.342 e. The molecule has 2 rings (SSSR count). The summed E-state index contributed by atoms with van der Waals surface area (Å²) in [6.07, 6.45) is 3.50. The van der Waals surface area contributed by atoms with Crippen molar-refractivity contribution in [1.82, 2.24) is 24.3 Å². The van der Waals surface area contributed by atoms with Crippen molar-refractivity contribution in [1.29, 1.82) is 0 Å². The zero-order chi connectivity index (χ0) is 10.1. The number of rotatable bonds is 2. The zero-order valence-corrected chi connectivity index (χ0v) is 8.34. The number of hydrogen-bond donors (Lipinski definition) is 2. The Morgan fingerprint density at radius 3 is 2.86 bits per heavy atom. The van der Waals surface area contributed by atoms with E-state index in [0.717, 1.165) is 5.82 Å². The fourth-order valence-corrected chi connectivity index (χ4v) is 1.37. The topological polar surface area (TPSA) is 71.4 Å². The maximum Gasteiger partial charge on any atom is 0.342 e. The Labute approximate surface area is 84.2 Å². The van der Waals surface area contributed by atoms with Gasteiger partial charge in [-0.15, -0.1) is 0 Å². The lowest BCUT2D eigenvalue weighted by atomic mass is 10.6. The van der Waals surface area contributed by atoms with Gasteiger partial charge in [0.25, 0.3) is 0 Å². The van der Waals surface area contributed by atoms with E-state index in [1.807, 2.05) is 17.8 Å².